The summed E-state index contributed by atoms with van der Waals surface area (Å²) in [6.45, 7) is 3.46. The molecule has 12 heavy (non-hydrogen) atoms. The Morgan fingerprint density at radius 1 is 1.42 bits per heavy atom. The molecule has 0 aromatic rings. The zero-order valence-corrected chi connectivity index (χ0v) is 8.21. The summed E-state index contributed by atoms with van der Waals surface area (Å²) in [4.78, 5) is 2.51. The Labute approximate surface area is 75.1 Å². The maximum absolute atomic E-state index is 6.30. The second kappa shape index (κ2) is 2.71. The van der Waals surface area contributed by atoms with Crippen molar-refractivity contribution in [2.24, 2.45) is 11.7 Å². The summed E-state index contributed by atoms with van der Waals surface area (Å²) in [6.07, 6.45) is 5.29. The van der Waals surface area contributed by atoms with Crippen LogP contribution in [0.15, 0.2) is 0 Å². The van der Waals surface area contributed by atoms with Crippen LogP contribution in [0.4, 0.5) is 0 Å². The first-order valence-corrected chi connectivity index (χ1v) is 5.09. The first-order chi connectivity index (χ1) is 5.59. The maximum atomic E-state index is 6.30. The van der Waals surface area contributed by atoms with Crippen molar-refractivity contribution in [3.63, 3.8) is 0 Å². The third kappa shape index (κ3) is 1.27. The van der Waals surface area contributed by atoms with Gasteiger partial charge in [-0.25, -0.2) is 0 Å². The van der Waals surface area contributed by atoms with Crippen LogP contribution in [0.1, 0.15) is 32.6 Å². The molecular weight excluding hydrogens is 148 g/mol. The van der Waals surface area contributed by atoms with Gasteiger partial charge in [-0.1, -0.05) is 6.42 Å². The SMILES string of the molecule is CN1CC2CCCC1CC2(C)N. The van der Waals surface area contributed by atoms with Gasteiger partial charge in [-0.3, -0.25) is 0 Å². The van der Waals surface area contributed by atoms with Gasteiger partial charge < -0.3 is 10.6 Å². The van der Waals surface area contributed by atoms with Crippen molar-refractivity contribution in [2.75, 3.05) is 13.6 Å². The lowest BCUT2D eigenvalue weighted by molar-refractivity contribution is 0.0900. The van der Waals surface area contributed by atoms with Crippen molar-refractivity contribution in [1.29, 1.82) is 0 Å². The normalized spacial score (nSPS) is 49.2. The summed E-state index contributed by atoms with van der Waals surface area (Å²) >= 11 is 0. The van der Waals surface area contributed by atoms with Crippen molar-refractivity contribution in [3.8, 4) is 0 Å². The summed E-state index contributed by atoms with van der Waals surface area (Å²) in [5.74, 6) is 0.737. The number of rotatable bonds is 0. The lowest BCUT2D eigenvalue weighted by Gasteiger charge is -2.44. The minimum absolute atomic E-state index is 0.119. The Morgan fingerprint density at radius 2 is 2.17 bits per heavy atom. The van der Waals surface area contributed by atoms with Crippen molar-refractivity contribution in [3.05, 3.63) is 0 Å². The highest BCUT2D eigenvalue weighted by molar-refractivity contribution is 4.99. The van der Waals surface area contributed by atoms with Crippen LogP contribution in [0.3, 0.4) is 0 Å². The van der Waals surface area contributed by atoms with E-state index in [2.05, 4.69) is 18.9 Å². The van der Waals surface area contributed by atoms with E-state index in [4.69, 9.17) is 5.73 Å². The zero-order chi connectivity index (χ0) is 8.77. The molecule has 1 aliphatic carbocycles. The van der Waals surface area contributed by atoms with E-state index in [0.29, 0.717) is 0 Å². The van der Waals surface area contributed by atoms with E-state index >= 15 is 0 Å². The Kier molecular flexibility index (Phi) is 1.92. The fourth-order valence-corrected chi connectivity index (χ4v) is 2.88. The molecule has 0 aromatic heterocycles. The lowest BCUT2D eigenvalue weighted by Crippen LogP contribution is -2.56. The van der Waals surface area contributed by atoms with Gasteiger partial charge in [-0.15, -0.1) is 0 Å². The van der Waals surface area contributed by atoms with Crippen LogP contribution in [0.25, 0.3) is 0 Å². The molecule has 2 saturated heterocycles. The maximum Gasteiger partial charge on any atom is 0.0181 e. The summed E-state index contributed by atoms with van der Waals surface area (Å²) in [5, 5.41) is 0. The minimum atomic E-state index is 0.119. The number of nitrogens with two attached hydrogens (primary N) is 1. The number of fused-ring (bicyclic) bond motifs is 4. The Hall–Kier alpha value is -0.0800. The molecule has 0 aromatic carbocycles. The van der Waals surface area contributed by atoms with E-state index in [9.17, 15) is 0 Å². The van der Waals surface area contributed by atoms with Crippen LogP contribution in [-0.2, 0) is 0 Å². The topological polar surface area (TPSA) is 29.3 Å². The van der Waals surface area contributed by atoms with Gasteiger partial charge >= 0.3 is 0 Å². The number of piperidine rings is 1. The number of nitrogens with zero attached hydrogens (tertiary/aromatic N) is 1. The Morgan fingerprint density at radius 3 is 2.92 bits per heavy atom. The average Bonchev–Trinajstić information content (AvgIpc) is 2.19. The lowest BCUT2D eigenvalue weighted by atomic mass is 9.78. The summed E-state index contributed by atoms with van der Waals surface area (Å²) in [5.41, 5.74) is 6.42. The van der Waals surface area contributed by atoms with Crippen LogP contribution in [0.5, 0.6) is 0 Å². The van der Waals surface area contributed by atoms with E-state index in [1.807, 2.05) is 0 Å². The van der Waals surface area contributed by atoms with Crippen LogP contribution in [-0.4, -0.2) is 30.1 Å². The fourth-order valence-electron chi connectivity index (χ4n) is 2.88. The van der Waals surface area contributed by atoms with E-state index < -0.39 is 0 Å². The standard InChI is InChI=1S/C10H20N2/c1-10(11)6-9-5-3-4-8(10)7-12(9)2/h8-9H,3-7,11H2,1-2H3. The van der Waals surface area contributed by atoms with Crippen molar-refractivity contribution in [1.82, 2.24) is 4.90 Å². The highest BCUT2D eigenvalue weighted by Crippen LogP contribution is 2.37. The van der Waals surface area contributed by atoms with Crippen molar-refractivity contribution < 1.29 is 0 Å². The first kappa shape index (κ1) is 8.52. The fraction of sp³-hybridized carbons (Fsp3) is 1.00. The van der Waals surface area contributed by atoms with Crippen LogP contribution in [0, 0.1) is 5.92 Å². The molecular formula is C10H20N2. The molecule has 2 aliphatic heterocycles. The molecule has 0 amide bonds. The van der Waals surface area contributed by atoms with E-state index in [0.717, 1.165) is 12.0 Å². The van der Waals surface area contributed by atoms with Gasteiger partial charge in [0.2, 0.25) is 0 Å². The molecule has 2 N–H and O–H groups in total. The highest BCUT2D eigenvalue weighted by atomic mass is 15.2. The third-order valence-corrected chi connectivity index (χ3v) is 3.83. The van der Waals surface area contributed by atoms with Crippen LogP contribution >= 0.6 is 0 Å². The highest BCUT2D eigenvalue weighted by Gasteiger charge is 2.41. The minimum Gasteiger partial charge on any atom is -0.325 e. The third-order valence-electron chi connectivity index (χ3n) is 3.83. The molecule has 2 heteroatoms. The van der Waals surface area contributed by atoms with E-state index in [1.54, 1.807) is 0 Å². The second-order valence-electron chi connectivity index (χ2n) is 4.93. The van der Waals surface area contributed by atoms with Gasteiger partial charge in [0.15, 0.2) is 0 Å². The molecule has 3 unspecified atom stereocenters. The molecule has 0 radical (unpaired) electrons. The predicted octanol–water partition coefficient (Wildman–Crippen LogP) is 1.21. The number of hydrogen-bond donors (Lipinski definition) is 1. The van der Waals surface area contributed by atoms with Crippen molar-refractivity contribution in [2.45, 2.75) is 44.2 Å². The van der Waals surface area contributed by atoms with E-state index in [-0.39, 0.29) is 5.54 Å². The summed E-state index contributed by atoms with van der Waals surface area (Å²) in [6, 6.07) is 0.763. The van der Waals surface area contributed by atoms with Gasteiger partial charge in [-0.05, 0) is 39.2 Å². The summed E-state index contributed by atoms with van der Waals surface area (Å²) in [7, 11) is 2.25. The van der Waals surface area contributed by atoms with E-state index in [1.165, 1.54) is 32.2 Å². The van der Waals surface area contributed by atoms with Gasteiger partial charge in [-0.2, -0.15) is 0 Å². The molecule has 3 atom stereocenters. The molecule has 2 bridgehead atoms. The monoisotopic (exact) mass is 168 g/mol. The predicted molar refractivity (Wildman–Crippen MR) is 51.0 cm³/mol. The Balaban J connectivity index is 2.20. The average molecular weight is 168 g/mol. The van der Waals surface area contributed by atoms with Gasteiger partial charge in [0.1, 0.15) is 0 Å². The van der Waals surface area contributed by atoms with Gasteiger partial charge in [0.05, 0.1) is 0 Å². The largest absolute Gasteiger partial charge is 0.325 e. The Bertz CT molecular complexity index is 177. The molecule has 2 nitrogen and oxygen atoms in total. The zero-order valence-electron chi connectivity index (χ0n) is 8.21. The molecule has 3 fully saturated rings. The summed E-state index contributed by atoms with van der Waals surface area (Å²) < 4.78 is 0. The molecule has 2 heterocycles. The van der Waals surface area contributed by atoms with Crippen molar-refractivity contribution >= 4 is 0 Å². The molecule has 0 spiro atoms. The quantitative estimate of drug-likeness (QED) is 0.589. The molecule has 1 saturated carbocycles. The smallest absolute Gasteiger partial charge is 0.0181 e. The van der Waals surface area contributed by atoms with Gasteiger partial charge in [0, 0.05) is 18.1 Å². The molecule has 70 valence electrons. The van der Waals surface area contributed by atoms with Crippen LogP contribution < -0.4 is 5.73 Å². The second-order valence-corrected chi connectivity index (χ2v) is 4.93. The van der Waals surface area contributed by atoms with Gasteiger partial charge in [0.25, 0.3) is 0 Å². The number of hydrogen-bond acceptors (Lipinski definition) is 2. The molecule has 3 rings (SSSR count). The first-order valence-electron chi connectivity index (χ1n) is 5.09. The molecule has 3 aliphatic rings. The van der Waals surface area contributed by atoms with Crippen LogP contribution in [0.2, 0.25) is 0 Å².